The number of aryl methyl sites for hydroxylation is 1. The minimum atomic E-state index is -1.00. The zero-order valence-electron chi connectivity index (χ0n) is 33.2. The molecule has 0 aromatic heterocycles. The van der Waals surface area contributed by atoms with E-state index in [1.807, 2.05) is 71.2 Å². The van der Waals surface area contributed by atoms with Crippen molar-refractivity contribution in [2.45, 2.75) is 97.7 Å². The van der Waals surface area contributed by atoms with Crippen LogP contribution in [0.5, 0.6) is 5.75 Å². The number of carbonyl (C=O) groups is 6. The molecule has 2 aromatic carbocycles. The number of hydrogen-bond donors (Lipinski definition) is 5. The first kappa shape index (κ1) is 46.5. The smallest absolute Gasteiger partial charge is 0.469 e. The topological polar surface area (TPSA) is 204 Å². The van der Waals surface area contributed by atoms with Crippen LogP contribution in [0.2, 0.25) is 0 Å². The number of nitrogens with two attached hydrogens (primary N) is 1. The number of hydrogen-bond acceptors (Lipinski definition) is 11. The maximum Gasteiger partial charge on any atom is 0.513 e. The average Bonchev–Trinajstić information content (AvgIpc) is 3.16. The molecule has 0 radical (unpaired) electrons. The SMILES string of the molecule is COC(=O)CCCCCNC(=O)[C@H](Cc1ccccc1)NC(=O)CNC(=O)[C@@H](CCSC)NC(=O)[C@@H](N)Cc1c(C)cc(OC(=O)OCC(C)C)c(C)c1C. The van der Waals surface area contributed by atoms with E-state index in [9.17, 15) is 28.8 Å². The van der Waals surface area contributed by atoms with Gasteiger partial charge in [-0.05, 0) is 98.3 Å². The van der Waals surface area contributed by atoms with E-state index in [1.165, 1.54) is 18.9 Å². The summed E-state index contributed by atoms with van der Waals surface area (Å²) in [4.78, 5) is 76.4. The maximum atomic E-state index is 13.3. The molecule has 55 heavy (non-hydrogen) atoms. The number of unbranched alkanes of at least 4 members (excludes halogenated alkanes) is 2. The Hall–Kier alpha value is -4.63. The summed E-state index contributed by atoms with van der Waals surface area (Å²) < 4.78 is 15.2. The largest absolute Gasteiger partial charge is 0.513 e. The highest BCUT2D eigenvalue weighted by Crippen LogP contribution is 2.29. The van der Waals surface area contributed by atoms with Gasteiger partial charge in [-0.3, -0.25) is 24.0 Å². The van der Waals surface area contributed by atoms with E-state index in [4.69, 9.17) is 15.2 Å². The van der Waals surface area contributed by atoms with Crippen LogP contribution >= 0.6 is 11.8 Å². The summed E-state index contributed by atoms with van der Waals surface area (Å²) in [6, 6.07) is 8.09. The van der Waals surface area contributed by atoms with Gasteiger partial charge in [0.2, 0.25) is 23.6 Å². The predicted octanol–water partition coefficient (Wildman–Crippen LogP) is 3.58. The van der Waals surface area contributed by atoms with Crippen molar-refractivity contribution in [3.63, 3.8) is 0 Å². The molecule has 0 heterocycles. The molecule has 0 saturated carbocycles. The molecule has 6 N–H and O–H groups in total. The monoisotopic (exact) mass is 785 g/mol. The molecule has 0 bridgehead atoms. The van der Waals surface area contributed by atoms with E-state index in [0.717, 1.165) is 28.7 Å². The Morgan fingerprint density at radius 3 is 2.18 bits per heavy atom. The van der Waals surface area contributed by atoms with Gasteiger partial charge >= 0.3 is 12.1 Å². The van der Waals surface area contributed by atoms with Crippen LogP contribution in [-0.2, 0) is 46.3 Å². The molecule has 14 nitrogen and oxygen atoms in total. The maximum absolute atomic E-state index is 13.3. The van der Waals surface area contributed by atoms with Gasteiger partial charge in [0.15, 0.2) is 0 Å². The Labute approximate surface area is 329 Å². The number of methoxy groups -OCH3 is 1. The van der Waals surface area contributed by atoms with Crippen LogP contribution < -0.4 is 31.7 Å². The van der Waals surface area contributed by atoms with Crippen molar-refractivity contribution >= 4 is 47.5 Å². The molecule has 0 spiro atoms. The van der Waals surface area contributed by atoms with Crippen LogP contribution in [0.15, 0.2) is 36.4 Å². The highest BCUT2D eigenvalue weighted by atomic mass is 32.2. The number of esters is 1. The second kappa shape index (κ2) is 24.7. The van der Waals surface area contributed by atoms with Crippen LogP contribution in [0.25, 0.3) is 0 Å². The number of thioether (sulfide) groups is 1. The lowest BCUT2D eigenvalue weighted by Gasteiger charge is -2.23. The summed E-state index contributed by atoms with van der Waals surface area (Å²) in [6.07, 6.45) is 4.09. The summed E-state index contributed by atoms with van der Waals surface area (Å²) in [5.41, 5.74) is 10.3. The lowest BCUT2D eigenvalue weighted by atomic mass is 9.92. The minimum absolute atomic E-state index is 0.162. The van der Waals surface area contributed by atoms with E-state index < -0.39 is 48.5 Å². The molecule has 0 aliphatic rings. The van der Waals surface area contributed by atoms with Gasteiger partial charge in [0.1, 0.15) is 17.8 Å². The summed E-state index contributed by atoms with van der Waals surface area (Å²) in [5, 5.41) is 10.9. The van der Waals surface area contributed by atoms with Crippen molar-refractivity contribution in [3.8, 4) is 5.75 Å². The minimum Gasteiger partial charge on any atom is -0.469 e. The molecule has 2 aromatic rings. The number of benzene rings is 2. The first-order valence-corrected chi connectivity index (χ1v) is 20.0. The Balaban J connectivity index is 2.02. The van der Waals surface area contributed by atoms with Gasteiger partial charge in [0, 0.05) is 19.4 Å². The van der Waals surface area contributed by atoms with Gasteiger partial charge in [-0.2, -0.15) is 11.8 Å². The number of ether oxygens (including phenoxy) is 3. The Bertz CT molecular complexity index is 1590. The van der Waals surface area contributed by atoms with Crippen LogP contribution in [0.1, 0.15) is 73.8 Å². The second-order valence-corrected chi connectivity index (χ2v) is 14.8. The zero-order valence-corrected chi connectivity index (χ0v) is 34.0. The van der Waals surface area contributed by atoms with Crippen LogP contribution in [-0.4, -0.2) is 92.7 Å². The molecule has 15 heteroatoms. The molecular weight excluding hydrogens is 727 g/mol. The Morgan fingerprint density at radius 2 is 1.53 bits per heavy atom. The summed E-state index contributed by atoms with van der Waals surface area (Å²) in [5.74, 6) is -1.25. The van der Waals surface area contributed by atoms with Crippen molar-refractivity contribution in [1.82, 2.24) is 21.3 Å². The van der Waals surface area contributed by atoms with Crippen molar-refractivity contribution in [3.05, 3.63) is 64.2 Å². The van der Waals surface area contributed by atoms with Crippen LogP contribution in [0, 0.1) is 26.7 Å². The second-order valence-electron chi connectivity index (χ2n) is 13.8. The predicted molar refractivity (Wildman–Crippen MR) is 213 cm³/mol. The van der Waals surface area contributed by atoms with Crippen LogP contribution in [0.3, 0.4) is 0 Å². The van der Waals surface area contributed by atoms with Gasteiger partial charge < -0.3 is 41.2 Å². The third-order valence-corrected chi connectivity index (χ3v) is 9.53. The van der Waals surface area contributed by atoms with Crippen LogP contribution in [0.4, 0.5) is 4.79 Å². The Morgan fingerprint density at radius 1 is 0.836 bits per heavy atom. The molecule has 0 aliphatic carbocycles. The van der Waals surface area contributed by atoms with Gasteiger partial charge in [-0.1, -0.05) is 50.6 Å². The molecular formula is C40H59N5O9S. The van der Waals surface area contributed by atoms with Gasteiger partial charge in [0.25, 0.3) is 0 Å². The van der Waals surface area contributed by atoms with Crippen molar-refractivity contribution in [1.29, 1.82) is 0 Å². The standard InChI is InChI=1S/C40H59N5O9S/c1-25(2)24-53-40(51)54-34-20-26(3)30(27(4)28(34)5)22-31(41)37(48)45-32(17-19-55-7)38(49)43-23-35(46)44-33(21-29-14-10-8-11-15-29)39(50)42-18-13-9-12-16-36(47)52-6/h8,10-11,14-15,20,25,31-33H,9,12-13,16-19,21-24,41H2,1-7H3,(H,42,50)(H,43,49)(H,44,46)(H,45,48)/t31-,32+,33-/m0/s1. The molecule has 0 saturated heterocycles. The molecule has 4 amide bonds. The van der Waals surface area contributed by atoms with Crippen molar-refractivity contribution in [2.24, 2.45) is 11.7 Å². The van der Waals surface area contributed by atoms with Gasteiger partial charge in [-0.15, -0.1) is 0 Å². The molecule has 0 fully saturated rings. The molecule has 3 atom stereocenters. The van der Waals surface area contributed by atoms with Gasteiger partial charge in [-0.25, -0.2) is 4.79 Å². The normalized spacial score (nSPS) is 12.5. The Kier molecular flexibility index (Phi) is 20.9. The lowest BCUT2D eigenvalue weighted by molar-refractivity contribution is -0.140. The molecule has 2 rings (SSSR count). The number of amides is 4. The highest BCUT2D eigenvalue weighted by Gasteiger charge is 2.27. The quantitative estimate of drug-likeness (QED) is 0.0626. The van der Waals surface area contributed by atoms with E-state index in [0.29, 0.717) is 49.3 Å². The fraction of sp³-hybridized carbons (Fsp3) is 0.550. The summed E-state index contributed by atoms with van der Waals surface area (Å²) in [7, 11) is 1.34. The van der Waals surface area contributed by atoms with Crippen molar-refractivity contribution in [2.75, 3.05) is 38.8 Å². The number of rotatable bonds is 23. The number of nitrogens with one attached hydrogen (secondary N) is 4. The molecule has 304 valence electrons. The fourth-order valence-corrected chi connectivity index (χ4v) is 6.04. The molecule has 0 aliphatic heterocycles. The zero-order chi connectivity index (χ0) is 40.9. The van der Waals surface area contributed by atoms with E-state index in [1.54, 1.807) is 6.07 Å². The van der Waals surface area contributed by atoms with E-state index >= 15 is 0 Å². The third kappa shape index (κ3) is 17.2. The van der Waals surface area contributed by atoms with Crippen molar-refractivity contribution < 1.29 is 43.0 Å². The number of carbonyl (C=O) groups excluding carboxylic acids is 6. The first-order chi connectivity index (χ1) is 26.2. The highest BCUT2D eigenvalue weighted by molar-refractivity contribution is 7.98. The third-order valence-electron chi connectivity index (χ3n) is 8.88. The molecule has 0 unspecified atom stereocenters. The van der Waals surface area contributed by atoms with E-state index in [-0.39, 0.29) is 37.2 Å². The summed E-state index contributed by atoms with van der Waals surface area (Å²) in [6.45, 7) is 9.53. The lowest BCUT2D eigenvalue weighted by Crippen LogP contribution is -2.54. The average molecular weight is 786 g/mol. The first-order valence-electron chi connectivity index (χ1n) is 18.6. The summed E-state index contributed by atoms with van der Waals surface area (Å²) >= 11 is 1.50. The van der Waals surface area contributed by atoms with Gasteiger partial charge in [0.05, 0.1) is 26.3 Å². The fourth-order valence-electron chi connectivity index (χ4n) is 5.57. The van der Waals surface area contributed by atoms with E-state index in [2.05, 4.69) is 26.0 Å².